The molecule has 1 unspecified atom stereocenters. The van der Waals surface area contributed by atoms with E-state index in [-0.39, 0.29) is 23.1 Å². The average Bonchev–Trinajstić information content (AvgIpc) is 2.69. The van der Waals surface area contributed by atoms with Gasteiger partial charge in [0.05, 0.1) is 5.39 Å². The fraction of sp³-hybridized carbons (Fsp3) is 0.250. The lowest BCUT2D eigenvalue weighted by atomic mass is 9.91. The van der Waals surface area contributed by atoms with E-state index in [1.807, 2.05) is 18.2 Å². The van der Waals surface area contributed by atoms with Crippen LogP contribution in [0.3, 0.4) is 0 Å². The molecule has 1 aliphatic rings. The molecule has 0 saturated carbocycles. The molecular formula is C20H20N4O2. The van der Waals surface area contributed by atoms with Gasteiger partial charge in [0, 0.05) is 38.0 Å². The summed E-state index contributed by atoms with van der Waals surface area (Å²) in [5.41, 5.74) is 2.61. The number of carbonyl (C=O) groups excluding carboxylic acids is 1. The van der Waals surface area contributed by atoms with Crippen molar-refractivity contribution in [3.05, 3.63) is 75.7 Å². The number of aromatic nitrogens is 2. The van der Waals surface area contributed by atoms with Crippen molar-refractivity contribution < 1.29 is 4.79 Å². The van der Waals surface area contributed by atoms with Gasteiger partial charge in [-0.25, -0.2) is 4.68 Å². The van der Waals surface area contributed by atoms with Crippen LogP contribution in [0.2, 0.25) is 0 Å². The maximum Gasteiger partial charge on any atom is 0.274 e. The van der Waals surface area contributed by atoms with Crippen LogP contribution in [-0.2, 0) is 13.6 Å². The molecule has 1 amide bonds. The lowest BCUT2D eigenvalue weighted by Crippen LogP contribution is -2.37. The number of fused-ring (bicyclic) bond motifs is 2. The summed E-state index contributed by atoms with van der Waals surface area (Å²) in [6.45, 7) is 2.19. The first-order valence-electron chi connectivity index (χ1n) is 8.68. The second kappa shape index (κ2) is 6.72. The molecule has 2 heterocycles. The van der Waals surface area contributed by atoms with Gasteiger partial charge in [-0.05, 0) is 17.2 Å². The Morgan fingerprint density at radius 2 is 1.92 bits per heavy atom. The zero-order valence-electron chi connectivity index (χ0n) is 14.5. The topological polar surface area (TPSA) is 76.0 Å². The van der Waals surface area contributed by atoms with Gasteiger partial charge in [0.1, 0.15) is 0 Å². The maximum absolute atomic E-state index is 12.8. The molecule has 6 nitrogen and oxygen atoms in total. The monoisotopic (exact) mass is 348 g/mol. The Morgan fingerprint density at radius 3 is 2.77 bits per heavy atom. The molecule has 0 fully saturated rings. The van der Waals surface area contributed by atoms with E-state index in [2.05, 4.69) is 27.9 Å². The highest BCUT2D eigenvalue weighted by Crippen LogP contribution is 2.23. The second-order valence-electron chi connectivity index (χ2n) is 6.56. The summed E-state index contributed by atoms with van der Waals surface area (Å²) in [7, 11) is 1.56. The van der Waals surface area contributed by atoms with Gasteiger partial charge in [0.15, 0.2) is 5.69 Å². The lowest BCUT2D eigenvalue weighted by Gasteiger charge is -2.26. The number of carbonyl (C=O) groups is 1. The normalized spacial score (nSPS) is 16.3. The predicted molar refractivity (Wildman–Crippen MR) is 100 cm³/mol. The van der Waals surface area contributed by atoms with Crippen molar-refractivity contribution in [2.45, 2.75) is 12.5 Å². The number of hydrogen-bond donors (Lipinski definition) is 2. The van der Waals surface area contributed by atoms with Crippen molar-refractivity contribution in [2.24, 2.45) is 7.05 Å². The van der Waals surface area contributed by atoms with Crippen molar-refractivity contribution in [3.8, 4) is 0 Å². The predicted octanol–water partition coefficient (Wildman–Crippen LogP) is 1.55. The maximum atomic E-state index is 12.8. The van der Waals surface area contributed by atoms with Gasteiger partial charge in [-0.2, -0.15) is 5.10 Å². The summed E-state index contributed by atoms with van der Waals surface area (Å²) in [5.74, 6) is -0.0532. The number of rotatable bonds is 3. The Balaban J connectivity index is 1.60. The number of amides is 1. The molecule has 3 aromatic rings. The molecule has 0 bridgehead atoms. The summed E-state index contributed by atoms with van der Waals surface area (Å²) in [5, 5.41) is 11.6. The fourth-order valence-electron chi connectivity index (χ4n) is 3.53. The van der Waals surface area contributed by atoms with Crippen molar-refractivity contribution in [1.82, 2.24) is 20.4 Å². The van der Waals surface area contributed by atoms with Crippen LogP contribution >= 0.6 is 0 Å². The van der Waals surface area contributed by atoms with Crippen molar-refractivity contribution >= 4 is 16.7 Å². The number of nitrogens with one attached hydrogen (secondary N) is 2. The molecule has 6 heteroatoms. The average molecular weight is 348 g/mol. The third-order valence-corrected chi connectivity index (χ3v) is 4.88. The van der Waals surface area contributed by atoms with E-state index in [1.54, 1.807) is 25.2 Å². The van der Waals surface area contributed by atoms with Crippen LogP contribution < -0.4 is 16.2 Å². The number of nitrogens with zero attached hydrogens (tertiary/aromatic N) is 2. The Hall–Kier alpha value is -2.99. The Kier molecular flexibility index (Phi) is 4.26. The first-order valence-corrected chi connectivity index (χ1v) is 8.68. The van der Waals surface area contributed by atoms with E-state index in [1.165, 1.54) is 15.8 Å². The van der Waals surface area contributed by atoms with Crippen LogP contribution in [0.25, 0.3) is 10.8 Å². The molecule has 0 aliphatic carbocycles. The summed E-state index contributed by atoms with van der Waals surface area (Å²) >= 11 is 0. The number of benzene rings is 2. The van der Waals surface area contributed by atoms with Crippen LogP contribution in [0.5, 0.6) is 0 Å². The molecule has 1 atom stereocenters. The van der Waals surface area contributed by atoms with Gasteiger partial charge in [-0.15, -0.1) is 0 Å². The first kappa shape index (κ1) is 16.5. The Labute approximate surface area is 150 Å². The van der Waals surface area contributed by atoms with E-state index >= 15 is 0 Å². The smallest absolute Gasteiger partial charge is 0.274 e. The minimum atomic E-state index is -0.264. The van der Waals surface area contributed by atoms with E-state index < -0.39 is 0 Å². The van der Waals surface area contributed by atoms with Gasteiger partial charge in [0.2, 0.25) is 0 Å². The third-order valence-electron chi connectivity index (χ3n) is 4.88. The zero-order valence-corrected chi connectivity index (χ0v) is 14.5. The summed E-state index contributed by atoms with van der Waals surface area (Å²) in [4.78, 5) is 25.0. The molecular weight excluding hydrogens is 328 g/mol. The molecule has 0 spiro atoms. The van der Waals surface area contributed by atoms with Crippen LogP contribution in [0.4, 0.5) is 0 Å². The molecule has 26 heavy (non-hydrogen) atoms. The van der Waals surface area contributed by atoms with E-state index in [9.17, 15) is 9.59 Å². The van der Waals surface area contributed by atoms with E-state index in [0.717, 1.165) is 13.1 Å². The van der Waals surface area contributed by atoms with Crippen molar-refractivity contribution in [1.29, 1.82) is 0 Å². The zero-order chi connectivity index (χ0) is 18.1. The molecule has 4 rings (SSSR count). The lowest BCUT2D eigenvalue weighted by molar-refractivity contribution is 0.0945. The van der Waals surface area contributed by atoms with Crippen LogP contribution in [0.1, 0.15) is 27.5 Å². The van der Waals surface area contributed by atoms with Gasteiger partial charge >= 0.3 is 0 Å². The van der Waals surface area contributed by atoms with E-state index in [0.29, 0.717) is 17.3 Å². The van der Waals surface area contributed by atoms with Crippen LogP contribution in [-0.4, -0.2) is 28.8 Å². The van der Waals surface area contributed by atoms with Crippen LogP contribution in [0, 0.1) is 0 Å². The van der Waals surface area contributed by atoms with Crippen molar-refractivity contribution in [2.75, 3.05) is 13.1 Å². The SMILES string of the molecule is Cn1nc(C(=O)NCC2CNCc3ccccc32)c2ccccc2c1=O. The van der Waals surface area contributed by atoms with E-state index in [4.69, 9.17) is 0 Å². The summed E-state index contributed by atoms with van der Waals surface area (Å²) in [6, 6.07) is 15.4. The van der Waals surface area contributed by atoms with Crippen LogP contribution in [0.15, 0.2) is 53.3 Å². The molecule has 0 radical (unpaired) electrons. The third kappa shape index (κ3) is 2.88. The minimum absolute atomic E-state index is 0.206. The standard InChI is InChI=1S/C20H20N4O2/c1-24-20(26)17-9-5-4-8-16(17)18(23-24)19(25)22-12-14-11-21-10-13-6-2-3-7-15(13)14/h2-9,14,21H,10-12H2,1H3,(H,22,25). The highest BCUT2D eigenvalue weighted by Gasteiger charge is 2.21. The van der Waals surface area contributed by atoms with Gasteiger partial charge in [-0.1, -0.05) is 42.5 Å². The highest BCUT2D eigenvalue weighted by molar-refractivity contribution is 6.04. The molecule has 2 N–H and O–H groups in total. The molecule has 0 saturated heterocycles. The number of hydrogen-bond acceptors (Lipinski definition) is 4. The molecule has 2 aromatic carbocycles. The molecule has 1 aromatic heterocycles. The molecule has 132 valence electrons. The largest absolute Gasteiger partial charge is 0.350 e. The van der Waals surface area contributed by atoms with Gasteiger partial charge in [0.25, 0.3) is 11.5 Å². The fourth-order valence-corrected chi connectivity index (χ4v) is 3.53. The Bertz CT molecular complexity index is 1040. The van der Waals surface area contributed by atoms with Gasteiger partial charge in [-0.3, -0.25) is 9.59 Å². The summed E-state index contributed by atoms with van der Waals surface area (Å²) in [6.07, 6.45) is 0. The minimum Gasteiger partial charge on any atom is -0.350 e. The van der Waals surface area contributed by atoms with Crippen molar-refractivity contribution in [3.63, 3.8) is 0 Å². The Morgan fingerprint density at radius 1 is 1.19 bits per heavy atom. The molecule has 1 aliphatic heterocycles. The van der Waals surface area contributed by atoms with Gasteiger partial charge < -0.3 is 10.6 Å². The highest BCUT2D eigenvalue weighted by atomic mass is 16.2. The summed E-state index contributed by atoms with van der Waals surface area (Å²) < 4.78 is 1.22. The second-order valence-corrected chi connectivity index (χ2v) is 6.56. The quantitative estimate of drug-likeness (QED) is 0.753. The first-order chi connectivity index (χ1) is 12.6. The number of aryl methyl sites for hydroxylation is 1.